The van der Waals surface area contributed by atoms with Gasteiger partial charge in [0.05, 0.1) is 46.2 Å². The number of nitrogens with one attached hydrogen (secondary N) is 2. The fourth-order valence-electron chi connectivity index (χ4n) is 4.36. The molecule has 0 aliphatic heterocycles. The molecule has 0 aromatic heterocycles. The van der Waals surface area contributed by atoms with Crippen LogP contribution >= 0.6 is 0 Å². The fraction of sp³-hybridized carbons (Fsp3) is 0.800. The van der Waals surface area contributed by atoms with Crippen LogP contribution in [0.15, 0.2) is 12.2 Å². The number of allylic oxidation sites excluding steroid dienone is 2. The van der Waals surface area contributed by atoms with Crippen LogP contribution in [0.3, 0.4) is 0 Å². The molecule has 4 atom stereocenters. The van der Waals surface area contributed by atoms with Crippen LogP contribution in [-0.2, 0) is 28.5 Å². The number of nitrogens with two attached hydrogens (primary N) is 1. The zero-order valence-corrected chi connectivity index (χ0v) is 21.6. The molecule has 0 bridgehead atoms. The van der Waals surface area contributed by atoms with E-state index in [0.717, 1.165) is 12.8 Å². The predicted octanol–water partition coefficient (Wildman–Crippen LogP) is 1.99. The smallest absolute Gasteiger partial charge is 0.407 e. The molecule has 0 heterocycles. The first kappa shape index (κ1) is 29.9. The number of carbonyl (C=O) groups excluding carboxylic acids is 3. The van der Waals surface area contributed by atoms with E-state index in [1.165, 1.54) is 12.8 Å². The van der Waals surface area contributed by atoms with Gasteiger partial charge in [-0.15, -0.1) is 0 Å². The molecule has 2 aliphatic carbocycles. The second-order valence-corrected chi connectivity index (χ2v) is 9.38. The number of hydrogen-bond donors (Lipinski definition) is 3. The van der Waals surface area contributed by atoms with E-state index < -0.39 is 24.1 Å². The summed E-state index contributed by atoms with van der Waals surface area (Å²) in [5.41, 5.74) is 5.23. The van der Waals surface area contributed by atoms with Crippen molar-refractivity contribution in [3.63, 3.8) is 0 Å². The second-order valence-electron chi connectivity index (χ2n) is 9.38. The maximum atomic E-state index is 11.8. The number of alkyl carbamates (subject to hydrolysis) is 2. The quantitative estimate of drug-likeness (QED) is 0.198. The predicted molar refractivity (Wildman–Crippen MR) is 132 cm³/mol. The zero-order chi connectivity index (χ0) is 26.2. The van der Waals surface area contributed by atoms with E-state index in [0.29, 0.717) is 63.9 Å². The van der Waals surface area contributed by atoms with Gasteiger partial charge in [-0.05, 0) is 49.4 Å². The van der Waals surface area contributed by atoms with E-state index in [9.17, 15) is 14.4 Å². The largest absolute Gasteiger partial charge is 0.449 e. The standard InChI is InChI=1S/C25H43N3O8/c1-18(2)22(23(26)29)28-25(31)35-16-15-34-14-13-33-12-11-32-10-9-27-24(30)36-17-21-19-7-5-3-4-6-8-20(19)21/h3-4,18-22H,5-17H2,1-2H3,(H2,26,29)(H,27,30)(H,28,31)/b4-3-/t19-,20+,21?,22-/m0/s1. The van der Waals surface area contributed by atoms with Crippen LogP contribution in [0.4, 0.5) is 9.59 Å². The highest BCUT2D eigenvalue weighted by molar-refractivity contribution is 5.84. The summed E-state index contributed by atoms with van der Waals surface area (Å²) in [5, 5.41) is 5.14. The van der Waals surface area contributed by atoms with E-state index in [1.54, 1.807) is 13.8 Å². The van der Waals surface area contributed by atoms with Gasteiger partial charge in [-0.3, -0.25) is 4.79 Å². The lowest BCUT2D eigenvalue weighted by Gasteiger charge is -2.18. The van der Waals surface area contributed by atoms with Gasteiger partial charge in [0.25, 0.3) is 0 Å². The number of hydrogen-bond acceptors (Lipinski definition) is 8. The molecule has 0 aromatic carbocycles. The van der Waals surface area contributed by atoms with Gasteiger partial charge in [-0.1, -0.05) is 26.0 Å². The van der Waals surface area contributed by atoms with Crippen LogP contribution in [0.2, 0.25) is 0 Å². The minimum Gasteiger partial charge on any atom is -0.449 e. The highest BCUT2D eigenvalue weighted by Gasteiger charge is 2.49. The maximum absolute atomic E-state index is 11.8. The second kappa shape index (κ2) is 17.1. The number of primary amides is 1. The Labute approximate surface area is 213 Å². The van der Waals surface area contributed by atoms with Gasteiger partial charge in [0.15, 0.2) is 0 Å². The molecule has 1 saturated carbocycles. The number of amides is 3. The molecule has 11 nitrogen and oxygen atoms in total. The Hall–Kier alpha value is -2.37. The molecular formula is C25H43N3O8. The fourth-order valence-corrected chi connectivity index (χ4v) is 4.36. The van der Waals surface area contributed by atoms with Gasteiger partial charge >= 0.3 is 12.2 Å². The van der Waals surface area contributed by atoms with Crippen molar-refractivity contribution < 1.29 is 38.1 Å². The third kappa shape index (κ3) is 12.0. The third-order valence-electron chi connectivity index (χ3n) is 6.38. The summed E-state index contributed by atoms with van der Waals surface area (Å²) in [5.74, 6) is 1.20. The Kier molecular flexibility index (Phi) is 14.2. The van der Waals surface area contributed by atoms with Crippen molar-refractivity contribution in [3.05, 3.63) is 12.2 Å². The number of rotatable bonds is 17. The minimum atomic E-state index is -0.775. The van der Waals surface area contributed by atoms with Gasteiger partial charge in [0.2, 0.25) is 5.91 Å². The van der Waals surface area contributed by atoms with Crippen LogP contribution in [0.25, 0.3) is 0 Å². The molecule has 0 spiro atoms. The molecule has 1 fully saturated rings. The van der Waals surface area contributed by atoms with Crippen molar-refractivity contribution in [2.24, 2.45) is 29.4 Å². The molecule has 206 valence electrons. The zero-order valence-electron chi connectivity index (χ0n) is 21.6. The van der Waals surface area contributed by atoms with Gasteiger partial charge in [-0.2, -0.15) is 0 Å². The number of fused-ring (bicyclic) bond motifs is 1. The molecule has 36 heavy (non-hydrogen) atoms. The molecule has 4 N–H and O–H groups in total. The van der Waals surface area contributed by atoms with E-state index in [1.807, 2.05) is 0 Å². The average Bonchev–Trinajstić information content (AvgIpc) is 3.47. The molecule has 1 unspecified atom stereocenters. The van der Waals surface area contributed by atoms with Crippen molar-refractivity contribution in [2.45, 2.75) is 45.6 Å². The van der Waals surface area contributed by atoms with Crippen LogP contribution in [0.1, 0.15) is 39.5 Å². The van der Waals surface area contributed by atoms with Gasteiger partial charge in [0.1, 0.15) is 12.6 Å². The summed E-state index contributed by atoms with van der Waals surface area (Å²) in [6, 6.07) is -0.775. The first-order chi connectivity index (χ1) is 17.4. The molecular weight excluding hydrogens is 470 g/mol. The van der Waals surface area contributed by atoms with Crippen molar-refractivity contribution in [2.75, 3.05) is 59.4 Å². The normalized spacial score (nSPS) is 22.5. The third-order valence-corrected chi connectivity index (χ3v) is 6.38. The summed E-state index contributed by atoms with van der Waals surface area (Å²) >= 11 is 0. The molecule has 0 aromatic rings. The topological polar surface area (TPSA) is 147 Å². The van der Waals surface area contributed by atoms with Gasteiger partial charge < -0.3 is 40.1 Å². The van der Waals surface area contributed by atoms with Crippen LogP contribution in [-0.4, -0.2) is 83.5 Å². The summed E-state index contributed by atoms with van der Waals surface area (Å²) in [4.78, 5) is 34.8. The Bertz CT molecular complexity index is 687. The number of ether oxygens (including phenoxy) is 5. The van der Waals surface area contributed by atoms with Crippen molar-refractivity contribution in [3.8, 4) is 0 Å². The Balaban J connectivity index is 1.32. The summed E-state index contributed by atoms with van der Waals surface area (Å²) in [6.07, 6.45) is 8.08. The Morgan fingerprint density at radius 2 is 1.39 bits per heavy atom. The van der Waals surface area contributed by atoms with Gasteiger partial charge in [0, 0.05) is 6.54 Å². The lowest BCUT2D eigenvalue weighted by atomic mass is 10.0. The van der Waals surface area contributed by atoms with Crippen molar-refractivity contribution in [1.82, 2.24) is 10.6 Å². The highest BCUT2D eigenvalue weighted by atomic mass is 16.6. The maximum Gasteiger partial charge on any atom is 0.407 e. The van der Waals surface area contributed by atoms with Crippen LogP contribution in [0.5, 0.6) is 0 Å². The van der Waals surface area contributed by atoms with E-state index in [-0.39, 0.29) is 19.1 Å². The molecule has 0 radical (unpaired) electrons. The van der Waals surface area contributed by atoms with E-state index in [4.69, 9.17) is 29.4 Å². The van der Waals surface area contributed by atoms with E-state index >= 15 is 0 Å². The SMILES string of the molecule is CC(C)[C@H](NC(=O)OCCOCCOCCOCCNC(=O)OCC1[C@H]2CC/C=C\CC[C@@H]12)C(N)=O. The molecule has 3 amide bonds. The lowest BCUT2D eigenvalue weighted by Crippen LogP contribution is -2.48. The van der Waals surface area contributed by atoms with Crippen molar-refractivity contribution in [1.29, 1.82) is 0 Å². The van der Waals surface area contributed by atoms with Crippen LogP contribution in [0, 0.1) is 23.7 Å². The Morgan fingerprint density at radius 3 is 1.94 bits per heavy atom. The average molecular weight is 514 g/mol. The van der Waals surface area contributed by atoms with Crippen molar-refractivity contribution >= 4 is 18.1 Å². The highest BCUT2D eigenvalue weighted by Crippen LogP contribution is 2.52. The molecule has 11 heteroatoms. The first-order valence-corrected chi connectivity index (χ1v) is 12.9. The lowest BCUT2D eigenvalue weighted by molar-refractivity contribution is -0.120. The summed E-state index contributed by atoms with van der Waals surface area (Å²) in [7, 11) is 0. The molecule has 2 aliphatic rings. The summed E-state index contributed by atoms with van der Waals surface area (Å²) in [6.45, 7) is 6.58. The Morgan fingerprint density at radius 1 is 0.833 bits per heavy atom. The minimum absolute atomic E-state index is 0.0489. The summed E-state index contributed by atoms with van der Waals surface area (Å²) < 4.78 is 26.5. The van der Waals surface area contributed by atoms with Crippen LogP contribution < -0.4 is 16.4 Å². The van der Waals surface area contributed by atoms with E-state index in [2.05, 4.69) is 22.8 Å². The molecule has 0 saturated heterocycles. The monoisotopic (exact) mass is 513 g/mol. The number of carbonyl (C=O) groups is 3. The molecule has 2 rings (SSSR count). The van der Waals surface area contributed by atoms with Gasteiger partial charge in [-0.25, -0.2) is 9.59 Å². The first-order valence-electron chi connectivity index (χ1n) is 12.9.